The van der Waals surface area contributed by atoms with E-state index in [0.717, 1.165) is 18.4 Å². The van der Waals surface area contributed by atoms with Crippen molar-refractivity contribution >= 4 is 5.91 Å². The first-order chi connectivity index (χ1) is 10.7. The molecule has 1 atom stereocenters. The highest BCUT2D eigenvalue weighted by Crippen LogP contribution is 2.41. The Morgan fingerprint density at radius 3 is 2.64 bits per heavy atom. The molecule has 0 spiro atoms. The summed E-state index contributed by atoms with van der Waals surface area (Å²) in [6, 6.07) is 11.8. The summed E-state index contributed by atoms with van der Waals surface area (Å²) in [5, 5.41) is 3.13. The van der Waals surface area contributed by atoms with Gasteiger partial charge in [0.1, 0.15) is 11.4 Å². The molecule has 1 aliphatic rings. The van der Waals surface area contributed by atoms with Crippen LogP contribution in [-0.2, 0) is 0 Å². The molecular weight excluding hydrogens is 276 g/mol. The molecule has 1 saturated carbocycles. The summed E-state index contributed by atoms with van der Waals surface area (Å²) in [5.41, 5.74) is 2.76. The molecule has 0 radical (unpaired) electrons. The molecule has 0 aliphatic heterocycles. The predicted molar refractivity (Wildman–Crippen MR) is 84.9 cm³/mol. The molecule has 2 aromatic rings. The van der Waals surface area contributed by atoms with E-state index in [4.69, 9.17) is 4.74 Å². The van der Waals surface area contributed by atoms with Crippen molar-refractivity contribution in [2.75, 3.05) is 7.11 Å². The second-order valence-electron chi connectivity index (χ2n) is 5.78. The van der Waals surface area contributed by atoms with Crippen molar-refractivity contribution in [3.63, 3.8) is 0 Å². The Bertz CT molecular complexity index is 663. The first-order valence-corrected chi connectivity index (χ1v) is 7.55. The zero-order chi connectivity index (χ0) is 15.5. The molecule has 3 rings (SSSR count). The molecule has 0 saturated heterocycles. The van der Waals surface area contributed by atoms with Crippen LogP contribution >= 0.6 is 0 Å². The van der Waals surface area contributed by atoms with Crippen molar-refractivity contribution in [2.24, 2.45) is 5.92 Å². The average molecular weight is 296 g/mol. The summed E-state index contributed by atoms with van der Waals surface area (Å²) in [6.45, 7) is 2.06. The van der Waals surface area contributed by atoms with Crippen molar-refractivity contribution in [2.45, 2.75) is 25.8 Å². The third-order valence-corrected chi connectivity index (χ3v) is 4.02. The van der Waals surface area contributed by atoms with E-state index in [-0.39, 0.29) is 11.9 Å². The SMILES string of the molecule is COc1ccnc(C(=O)NC(c2ccc(C)cc2)C2CC2)c1. The number of aryl methyl sites for hydroxylation is 1. The van der Waals surface area contributed by atoms with Gasteiger partial charge in [-0.25, -0.2) is 0 Å². The minimum Gasteiger partial charge on any atom is -0.497 e. The summed E-state index contributed by atoms with van der Waals surface area (Å²) in [4.78, 5) is 16.6. The third kappa shape index (κ3) is 3.27. The summed E-state index contributed by atoms with van der Waals surface area (Å²) in [6.07, 6.45) is 3.90. The summed E-state index contributed by atoms with van der Waals surface area (Å²) >= 11 is 0. The lowest BCUT2D eigenvalue weighted by Crippen LogP contribution is -2.30. The fraction of sp³-hybridized carbons (Fsp3) is 0.333. The van der Waals surface area contributed by atoms with Gasteiger partial charge in [-0.05, 0) is 37.3 Å². The number of ether oxygens (including phenoxy) is 1. The lowest BCUT2D eigenvalue weighted by molar-refractivity contribution is 0.0926. The Balaban J connectivity index is 1.78. The van der Waals surface area contributed by atoms with Crippen LogP contribution in [-0.4, -0.2) is 18.0 Å². The molecule has 114 valence electrons. The number of rotatable bonds is 5. The van der Waals surface area contributed by atoms with E-state index in [1.165, 1.54) is 5.56 Å². The molecule has 1 N–H and O–H groups in total. The summed E-state index contributed by atoms with van der Waals surface area (Å²) in [7, 11) is 1.58. The normalized spacial score (nSPS) is 15.2. The van der Waals surface area contributed by atoms with Gasteiger partial charge in [0, 0.05) is 12.3 Å². The maximum atomic E-state index is 12.5. The number of carbonyl (C=O) groups is 1. The van der Waals surface area contributed by atoms with Crippen LogP contribution in [0.2, 0.25) is 0 Å². The van der Waals surface area contributed by atoms with Crippen LogP contribution in [0.1, 0.15) is 40.5 Å². The number of hydrogen-bond donors (Lipinski definition) is 1. The van der Waals surface area contributed by atoms with Crippen molar-refractivity contribution < 1.29 is 9.53 Å². The van der Waals surface area contributed by atoms with Gasteiger partial charge < -0.3 is 10.1 Å². The van der Waals surface area contributed by atoms with E-state index in [0.29, 0.717) is 17.4 Å². The summed E-state index contributed by atoms with van der Waals surface area (Å²) in [5.74, 6) is 1.01. The lowest BCUT2D eigenvalue weighted by atomic mass is 10.0. The highest BCUT2D eigenvalue weighted by Gasteiger charge is 2.33. The Morgan fingerprint density at radius 2 is 2.00 bits per heavy atom. The fourth-order valence-corrected chi connectivity index (χ4v) is 2.55. The summed E-state index contributed by atoms with van der Waals surface area (Å²) < 4.78 is 5.15. The number of carbonyl (C=O) groups excluding carboxylic acids is 1. The zero-order valence-electron chi connectivity index (χ0n) is 12.9. The minimum absolute atomic E-state index is 0.0566. The van der Waals surface area contributed by atoms with Gasteiger partial charge in [0.15, 0.2) is 0 Å². The van der Waals surface area contributed by atoms with Crippen LogP contribution in [0.15, 0.2) is 42.6 Å². The van der Waals surface area contributed by atoms with Gasteiger partial charge in [0.25, 0.3) is 5.91 Å². The third-order valence-electron chi connectivity index (χ3n) is 4.02. The first-order valence-electron chi connectivity index (χ1n) is 7.55. The molecule has 4 heteroatoms. The van der Waals surface area contributed by atoms with Crippen molar-refractivity contribution in [1.29, 1.82) is 0 Å². The van der Waals surface area contributed by atoms with Gasteiger partial charge in [-0.3, -0.25) is 9.78 Å². The second-order valence-corrected chi connectivity index (χ2v) is 5.78. The number of nitrogens with one attached hydrogen (secondary N) is 1. The van der Waals surface area contributed by atoms with Gasteiger partial charge in [-0.15, -0.1) is 0 Å². The van der Waals surface area contributed by atoms with E-state index >= 15 is 0 Å². The minimum atomic E-state index is -0.156. The van der Waals surface area contributed by atoms with E-state index in [2.05, 4.69) is 41.5 Å². The van der Waals surface area contributed by atoms with Crippen LogP contribution in [0, 0.1) is 12.8 Å². The molecule has 0 bridgehead atoms. The van der Waals surface area contributed by atoms with E-state index in [1.54, 1.807) is 25.4 Å². The van der Waals surface area contributed by atoms with Gasteiger partial charge >= 0.3 is 0 Å². The molecule has 1 aliphatic carbocycles. The number of nitrogens with zero attached hydrogens (tertiary/aromatic N) is 1. The molecule has 1 fully saturated rings. The topological polar surface area (TPSA) is 51.2 Å². The van der Waals surface area contributed by atoms with Crippen molar-refractivity contribution in [3.05, 3.63) is 59.4 Å². The van der Waals surface area contributed by atoms with Crippen molar-refractivity contribution in [3.8, 4) is 5.75 Å². The van der Waals surface area contributed by atoms with Gasteiger partial charge in [-0.2, -0.15) is 0 Å². The fourth-order valence-electron chi connectivity index (χ4n) is 2.55. The Morgan fingerprint density at radius 1 is 1.27 bits per heavy atom. The van der Waals surface area contributed by atoms with Gasteiger partial charge in [0.2, 0.25) is 0 Å². The average Bonchev–Trinajstić information content (AvgIpc) is 3.38. The molecule has 1 amide bonds. The molecule has 4 nitrogen and oxygen atoms in total. The molecule has 1 aromatic carbocycles. The maximum Gasteiger partial charge on any atom is 0.270 e. The Labute approximate surface area is 130 Å². The zero-order valence-corrected chi connectivity index (χ0v) is 12.9. The van der Waals surface area contributed by atoms with Crippen LogP contribution in [0.4, 0.5) is 0 Å². The molecule has 1 aromatic heterocycles. The molecular formula is C18H20N2O2. The number of amides is 1. The Hall–Kier alpha value is -2.36. The van der Waals surface area contributed by atoms with E-state index in [9.17, 15) is 4.79 Å². The second kappa shape index (κ2) is 6.18. The van der Waals surface area contributed by atoms with Gasteiger partial charge in [0.05, 0.1) is 13.2 Å². The predicted octanol–water partition coefficient (Wildman–Crippen LogP) is 3.28. The Kier molecular flexibility index (Phi) is 4.09. The van der Waals surface area contributed by atoms with Crippen LogP contribution in [0.5, 0.6) is 5.75 Å². The monoisotopic (exact) mass is 296 g/mol. The van der Waals surface area contributed by atoms with Crippen molar-refractivity contribution in [1.82, 2.24) is 10.3 Å². The van der Waals surface area contributed by atoms with Gasteiger partial charge in [-0.1, -0.05) is 29.8 Å². The van der Waals surface area contributed by atoms with E-state index in [1.807, 2.05) is 0 Å². The highest BCUT2D eigenvalue weighted by atomic mass is 16.5. The number of aromatic nitrogens is 1. The maximum absolute atomic E-state index is 12.5. The quantitative estimate of drug-likeness (QED) is 0.921. The van der Waals surface area contributed by atoms with Crippen LogP contribution in [0.3, 0.4) is 0 Å². The first kappa shape index (κ1) is 14.6. The molecule has 22 heavy (non-hydrogen) atoms. The van der Waals surface area contributed by atoms with Crippen LogP contribution in [0.25, 0.3) is 0 Å². The largest absolute Gasteiger partial charge is 0.497 e. The smallest absolute Gasteiger partial charge is 0.270 e. The molecule has 1 unspecified atom stereocenters. The van der Waals surface area contributed by atoms with E-state index < -0.39 is 0 Å². The lowest BCUT2D eigenvalue weighted by Gasteiger charge is -2.19. The molecule has 1 heterocycles. The van der Waals surface area contributed by atoms with Crippen LogP contribution < -0.4 is 10.1 Å². The number of methoxy groups -OCH3 is 1. The standard InChI is InChI=1S/C18H20N2O2/c1-12-3-5-13(6-4-12)17(14-7-8-14)20-18(21)16-11-15(22-2)9-10-19-16/h3-6,9-11,14,17H,7-8H2,1-2H3,(H,20,21). The highest BCUT2D eigenvalue weighted by molar-refractivity contribution is 5.92. The number of benzene rings is 1. The number of pyridine rings is 1. The number of hydrogen-bond acceptors (Lipinski definition) is 3.